The van der Waals surface area contributed by atoms with Gasteiger partial charge in [-0.15, -0.1) is 0 Å². The maximum Gasteiger partial charge on any atom is 0.302 e. The van der Waals surface area contributed by atoms with Crippen LogP contribution in [0, 0.1) is 0 Å². The minimum atomic E-state index is -0.223. The summed E-state index contributed by atoms with van der Waals surface area (Å²) in [6.07, 6.45) is 0. The Labute approximate surface area is 104 Å². The molecule has 17 heavy (non-hydrogen) atoms. The van der Waals surface area contributed by atoms with Crippen molar-refractivity contribution in [1.29, 1.82) is 0 Å². The molecule has 0 bridgehead atoms. The van der Waals surface area contributed by atoms with Gasteiger partial charge in [-0.1, -0.05) is 0 Å². The van der Waals surface area contributed by atoms with Crippen LogP contribution in [-0.2, 0) is 19.0 Å². The van der Waals surface area contributed by atoms with Gasteiger partial charge in [0.25, 0.3) is 0 Å². The zero-order chi connectivity index (χ0) is 12.9. The summed E-state index contributed by atoms with van der Waals surface area (Å²) in [6.45, 7) is 11.5. The standard InChI is InChI=1S/C12H25NO4/c1-4-15-9-6-13(7-10-16-5-2)8-11-17-12(3)14/h4-11H2,1-3H3/p+1. The van der Waals surface area contributed by atoms with E-state index in [9.17, 15) is 4.79 Å². The maximum atomic E-state index is 10.7. The molecule has 0 spiro atoms. The highest BCUT2D eigenvalue weighted by molar-refractivity contribution is 5.65. The fraction of sp³-hybridized carbons (Fsp3) is 0.917. The van der Waals surface area contributed by atoms with E-state index in [2.05, 4.69) is 0 Å². The minimum Gasteiger partial charge on any atom is -0.460 e. The van der Waals surface area contributed by atoms with Crippen LogP contribution in [0.2, 0.25) is 0 Å². The molecule has 0 atom stereocenters. The zero-order valence-corrected chi connectivity index (χ0v) is 11.3. The van der Waals surface area contributed by atoms with E-state index in [1.807, 2.05) is 13.8 Å². The van der Waals surface area contributed by atoms with Crippen molar-refractivity contribution in [2.24, 2.45) is 0 Å². The van der Waals surface area contributed by atoms with E-state index in [4.69, 9.17) is 14.2 Å². The first-order valence-electron chi connectivity index (χ1n) is 6.33. The molecule has 0 aliphatic rings. The number of rotatable bonds is 11. The van der Waals surface area contributed by atoms with Gasteiger partial charge in [-0.25, -0.2) is 0 Å². The Morgan fingerprint density at radius 3 is 1.82 bits per heavy atom. The molecule has 0 aromatic carbocycles. The molecule has 0 aromatic heterocycles. The van der Waals surface area contributed by atoms with E-state index in [-0.39, 0.29) is 5.97 Å². The second-order valence-corrected chi connectivity index (χ2v) is 3.73. The van der Waals surface area contributed by atoms with Crippen LogP contribution in [0.5, 0.6) is 0 Å². The van der Waals surface area contributed by atoms with Gasteiger partial charge in [0.05, 0.1) is 13.2 Å². The van der Waals surface area contributed by atoms with Gasteiger partial charge in [0.15, 0.2) is 0 Å². The average molecular weight is 248 g/mol. The summed E-state index contributed by atoms with van der Waals surface area (Å²) in [5.74, 6) is -0.223. The molecule has 0 aliphatic heterocycles. The molecule has 1 N–H and O–H groups in total. The van der Waals surface area contributed by atoms with Gasteiger partial charge in [0.1, 0.15) is 26.2 Å². The van der Waals surface area contributed by atoms with Crippen molar-refractivity contribution in [2.75, 3.05) is 52.7 Å². The van der Waals surface area contributed by atoms with Crippen LogP contribution in [0.1, 0.15) is 20.8 Å². The van der Waals surface area contributed by atoms with Crippen LogP contribution in [0.25, 0.3) is 0 Å². The maximum absolute atomic E-state index is 10.7. The second-order valence-electron chi connectivity index (χ2n) is 3.73. The van der Waals surface area contributed by atoms with E-state index in [1.165, 1.54) is 11.8 Å². The van der Waals surface area contributed by atoms with Gasteiger partial charge in [-0.05, 0) is 13.8 Å². The Morgan fingerprint density at radius 2 is 1.41 bits per heavy atom. The van der Waals surface area contributed by atoms with Crippen molar-refractivity contribution in [1.82, 2.24) is 0 Å². The molecule has 5 nitrogen and oxygen atoms in total. The molecule has 0 fully saturated rings. The zero-order valence-electron chi connectivity index (χ0n) is 11.3. The molecule has 0 saturated carbocycles. The SMILES string of the molecule is CCOCC[NH+](CCOCC)CCOC(C)=O. The molecule has 0 heterocycles. The van der Waals surface area contributed by atoms with Crippen molar-refractivity contribution in [3.8, 4) is 0 Å². The van der Waals surface area contributed by atoms with E-state index in [0.29, 0.717) is 6.61 Å². The highest BCUT2D eigenvalue weighted by Gasteiger charge is 2.08. The van der Waals surface area contributed by atoms with Crippen LogP contribution in [0.4, 0.5) is 0 Å². The Hall–Kier alpha value is -0.650. The quantitative estimate of drug-likeness (QED) is 0.396. The first kappa shape index (κ1) is 16.4. The van der Waals surface area contributed by atoms with Crippen LogP contribution < -0.4 is 4.90 Å². The molecule has 102 valence electrons. The number of carbonyl (C=O) groups excluding carboxylic acids is 1. The number of hydrogen-bond acceptors (Lipinski definition) is 4. The number of hydrogen-bond donors (Lipinski definition) is 1. The molecule has 0 amide bonds. The fourth-order valence-electron chi connectivity index (χ4n) is 1.44. The van der Waals surface area contributed by atoms with Crippen LogP contribution in [0.15, 0.2) is 0 Å². The number of carbonyl (C=O) groups is 1. The lowest BCUT2D eigenvalue weighted by atomic mass is 10.4. The van der Waals surface area contributed by atoms with Crippen LogP contribution >= 0.6 is 0 Å². The predicted octanol–water partition coefficient (Wildman–Crippen LogP) is -0.493. The second kappa shape index (κ2) is 11.8. The van der Waals surface area contributed by atoms with Gasteiger partial charge in [-0.3, -0.25) is 4.79 Å². The summed E-state index contributed by atoms with van der Waals surface area (Å²) in [7, 11) is 0. The highest BCUT2D eigenvalue weighted by atomic mass is 16.5. The molecule has 0 unspecified atom stereocenters. The van der Waals surface area contributed by atoms with Gasteiger partial charge in [0.2, 0.25) is 0 Å². The Balaban J connectivity index is 3.71. The lowest BCUT2D eigenvalue weighted by Gasteiger charge is -2.19. The predicted molar refractivity (Wildman–Crippen MR) is 65.2 cm³/mol. The first-order valence-corrected chi connectivity index (χ1v) is 6.33. The van der Waals surface area contributed by atoms with Crippen molar-refractivity contribution in [3.63, 3.8) is 0 Å². The third-order valence-electron chi connectivity index (χ3n) is 2.37. The molecule has 0 aromatic rings. The van der Waals surface area contributed by atoms with E-state index < -0.39 is 0 Å². The Morgan fingerprint density at radius 1 is 0.941 bits per heavy atom. The van der Waals surface area contributed by atoms with Crippen molar-refractivity contribution in [2.45, 2.75) is 20.8 Å². The van der Waals surface area contributed by atoms with Crippen molar-refractivity contribution in [3.05, 3.63) is 0 Å². The molecule has 0 radical (unpaired) electrons. The molecule has 0 aliphatic carbocycles. The number of esters is 1. The lowest BCUT2D eigenvalue weighted by molar-refractivity contribution is -0.901. The molecule has 0 saturated heterocycles. The number of ether oxygens (including phenoxy) is 3. The van der Waals surface area contributed by atoms with Crippen LogP contribution in [-0.4, -0.2) is 58.6 Å². The summed E-state index contributed by atoms with van der Waals surface area (Å²) in [5.41, 5.74) is 0. The number of nitrogens with one attached hydrogen (secondary N) is 1. The average Bonchev–Trinajstić information content (AvgIpc) is 2.28. The third-order valence-corrected chi connectivity index (χ3v) is 2.37. The summed E-state index contributed by atoms with van der Waals surface area (Å²) < 4.78 is 15.6. The van der Waals surface area contributed by atoms with Gasteiger partial charge in [-0.2, -0.15) is 0 Å². The summed E-state index contributed by atoms with van der Waals surface area (Å²) >= 11 is 0. The first-order chi connectivity index (χ1) is 8.20. The van der Waals surface area contributed by atoms with E-state index in [1.54, 1.807) is 0 Å². The van der Waals surface area contributed by atoms with Gasteiger partial charge in [0, 0.05) is 20.1 Å². The summed E-state index contributed by atoms with van der Waals surface area (Å²) in [5, 5.41) is 0. The fourth-order valence-corrected chi connectivity index (χ4v) is 1.44. The Kier molecular flexibility index (Phi) is 11.4. The molecular formula is C12H26NO4+. The Bertz CT molecular complexity index is 177. The van der Waals surface area contributed by atoms with Crippen molar-refractivity contribution >= 4 is 5.97 Å². The molecule has 5 heteroatoms. The smallest absolute Gasteiger partial charge is 0.302 e. The number of quaternary nitrogens is 1. The normalized spacial score (nSPS) is 10.8. The van der Waals surface area contributed by atoms with Crippen molar-refractivity contribution < 1.29 is 23.9 Å². The van der Waals surface area contributed by atoms with Gasteiger partial charge < -0.3 is 19.1 Å². The topological polar surface area (TPSA) is 49.2 Å². The van der Waals surface area contributed by atoms with Crippen LogP contribution in [0.3, 0.4) is 0 Å². The van der Waals surface area contributed by atoms with E-state index in [0.717, 1.165) is 46.1 Å². The molecule has 0 rings (SSSR count). The lowest BCUT2D eigenvalue weighted by Crippen LogP contribution is -3.13. The largest absolute Gasteiger partial charge is 0.460 e. The molecular weight excluding hydrogens is 222 g/mol. The summed E-state index contributed by atoms with van der Waals surface area (Å²) in [4.78, 5) is 12.0. The third kappa shape index (κ3) is 11.6. The van der Waals surface area contributed by atoms with E-state index >= 15 is 0 Å². The monoisotopic (exact) mass is 248 g/mol. The highest BCUT2D eigenvalue weighted by Crippen LogP contribution is 1.74. The summed E-state index contributed by atoms with van der Waals surface area (Å²) in [6, 6.07) is 0. The minimum absolute atomic E-state index is 0.223. The van der Waals surface area contributed by atoms with Gasteiger partial charge >= 0.3 is 5.97 Å².